The van der Waals surface area contributed by atoms with Gasteiger partial charge in [-0.1, -0.05) is 0 Å². The number of carboxylic acid groups (broad SMARTS) is 1. The van der Waals surface area contributed by atoms with Gasteiger partial charge in [0.05, 0.1) is 12.7 Å². The van der Waals surface area contributed by atoms with Crippen molar-refractivity contribution in [2.24, 2.45) is 0 Å². The first-order chi connectivity index (χ1) is 7.99. The van der Waals surface area contributed by atoms with Crippen molar-refractivity contribution in [3.8, 4) is 0 Å². The van der Waals surface area contributed by atoms with E-state index < -0.39 is 11.8 Å². The van der Waals surface area contributed by atoms with Gasteiger partial charge in [0.25, 0.3) is 0 Å². The Morgan fingerprint density at radius 1 is 1.65 bits per heavy atom. The minimum Gasteiger partial charge on any atom is -0.481 e. The Morgan fingerprint density at radius 2 is 2.41 bits per heavy atom. The molecule has 1 aliphatic heterocycles. The second kappa shape index (κ2) is 4.68. The summed E-state index contributed by atoms with van der Waals surface area (Å²) in [4.78, 5) is 10.5. The van der Waals surface area contributed by atoms with Crippen LogP contribution < -0.4 is 0 Å². The van der Waals surface area contributed by atoms with Crippen LogP contribution in [0.15, 0.2) is 16.5 Å². The van der Waals surface area contributed by atoms with E-state index in [1.165, 1.54) is 0 Å². The molecule has 1 aromatic rings. The topological polar surface area (TPSA) is 68.9 Å². The van der Waals surface area contributed by atoms with Crippen molar-refractivity contribution < 1.29 is 23.8 Å². The second-order valence-electron chi connectivity index (χ2n) is 4.03. The SMILES string of the molecule is CC1(c2ccc(Cl)o2)OCC(CCC(=O)O)O1. The van der Waals surface area contributed by atoms with Crippen molar-refractivity contribution in [2.75, 3.05) is 6.61 Å². The van der Waals surface area contributed by atoms with Crippen molar-refractivity contribution in [3.63, 3.8) is 0 Å². The van der Waals surface area contributed by atoms with Crippen LogP contribution >= 0.6 is 11.6 Å². The molecular formula is C11H13ClO5. The molecule has 1 N–H and O–H groups in total. The third kappa shape index (κ3) is 2.80. The lowest BCUT2D eigenvalue weighted by atomic mass is 10.2. The molecule has 17 heavy (non-hydrogen) atoms. The van der Waals surface area contributed by atoms with Crippen LogP contribution in [0.1, 0.15) is 25.5 Å². The molecule has 1 saturated heterocycles. The zero-order valence-electron chi connectivity index (χ0n) is 9.31. The van der Waals surface area contributed by atoms with E-state index in [0.29, 0.717) is 18.8 Å². The zero-order chi connectivity index (χ0) is 12.5. The van der Waals surface area contributed by atoms with E-state index in [0.717, 1.165) is 0 Å². The van der Waals surface area contributed by atoms with Crippen LogP contribution in [0, 0.1) is 0 Å². The average Bonchev–Trinajstić information content (AvgIpc) is 2.83. The Hall–Kier alpha value is -1.04. The third-order valence-electron chi connectivity index (χ3n) is 2.64. The first kappa shape index (κ1) is 12.4. The molecule has 2 heterocycles. The molecule has 0 spiro atoms. The number of ether oxygens (including phenoxy) is 2. The van der Waals surface area contributed by atoms with Gasteiger partial charge in [-0.3, -0.25) is 4.79 Å². The number of aliphatic carboxylic acids is 1. The lowest BCUT2D eigenvalue weighted by molar-refractivity contribution is -0.175. The smallest absolute Gasteiger partial charge is 0.303 e. The van der Waals surface area contributed by atoms with Crippen molar-refractivity contribution in [1.82, 2.24) is 0 Å². The van der Waals surface area contributed by atoms with Gasteiger partial charge in [0, 0.05) is 6.42 Å². The molecule has 1 aromatic heterocycles. The minimum atomic E-state index is -0.976. The van der Waals surface area contributed by atoms with Gasteiger partial charge in [0.15, 0.2) is 11.0 Å². The van der Waals surface area contributed by atoms with Crippen LogP contribution in [0.4, 0.5) is 0 Å². The third-order valence-corrected chi connectivity index (χ3v) is 2.84. The van der Waals surface area contributed by atoms with Gasteiger partial charge >= 0.3 is 5.97 Å². The zero-order valence-corrected chi connectivity index (χ0v) is 10.1. The monoisotopic (exact) mass is 260 g/mol. The van der Waals surface area contributed by atoms with E-state index in [9.17, 15) is 4.79 Å². The molecule has 6 heteroatoms. The lowest BCUT2D eigenvalue weighted by Crippen LogP contribution is -2.23. The van der Waals surface area contributed by atoms with Gasteiger partial charge in [-0.25, -0.2) is 0 Å². The first-order valence-electron chi connectivity index (χ1n) is 5.29. The Morgan fingerprint density at radius 3 is 3.00 bits per heavy atom. The molecule has 1 aliphatic rings. The Bertz CT molecular complexity index is 416. The van der Waals surface area contributed by atoms with E-state index in [1.807, 2.05) is 0 Å². The summed E-state index contributed by atoms with van der Waals surface area (Å²) >= 11 is 5.68. The largest absolute Gasteiger partial charge is 0.481 e. The van der Waals surface area contributed by atoms with Gasteiger partial charge in [-0.2, -0.15) is 0 Å². The van der Waals surface area contributed by atoms with Crippen LogP contribution in [0.5, 0.6) is 0 Å². The number of hydrogen-bond acceptors (Lipinski definition) is 4. The molecule has 0 saturated carbocycles. The number of furan rings is 1. The molecule has 0 aliphatic carbocycles. The standard InChI is InChI=1S/C11H13ClO5/c1-11(8-3-4-9(12)16-8)15-6-7(17-11)2-5-10(13)14/h3-4,7H,2,5-6H2,1H3,(H,13,14). The highest BCUT2D eigenvalue weighted by molar-refractivity contribution is 6.28. The van der Waals surface area contributed by atoms with E-state index >= 15 is 0 Å². The molecule has 0 aromatic carbocycles. The van der Waals surface area contributed by atoms with Crippen molar-refractivity contribution in [2.45, 2.75) is 31.7 Å². The summed E-state index contributed by atoms with van der Waals surface area (Å²) in [5.41, 5.74) is 0. The summed E-state index contributed by atoms with van der Waals surface area (Å²) in [6, 6.07) is 3.29. The van der Waals surface area contributed by atoms with Crippen LogP contribution in [-0.2, 0) is 20.1 Å². The summed E-state index contributed by atoms with van der Waals surface area (Å²) in [6.45, 7) is 2.07. The summed E-state index contributed by atoms with van der Waals surface area (Å²) in [5.74, 6) is -1.33. The average molecular weight is 261 g/mol. The summed E-state index contributed by atoms with van der Waals surface area (Å²) in [6.07, 6.45) is 0.238. The van der Waals surface area contributed by atoms with Gasteiger partial charge in [-0.15, -0.1) is 0 Å². The van der Waals surface area contributed by atoms with Crippen LogP contribution in [0.25, 0.3) is 0 Å². The highest BCUT2D eigenvalue weighted by Gasteiger charge is 2.41. The predicted molar refractivity (Wildman–Crippen MR) is 58.8 cm³/mol. The number of carbonyl (C=O) groups is 1. The number of carboxylic acids is 1. The van der Waals surface area contributed by atoms with E-state index in [1.54, 1.807) is 19.1 Å². The Kier molecular flexibility index (Phi) is 3.42. The maximum absolute atomic E-state index is 10.5. The van der Waals surface area contributed by atoms with Crippen LogP contribution in [-0.4, -0.2) is 23.8 Å². The normalized spacial score (nSPS) is 28.5. The van der Waals surface area contributed by atoms with Gasteiger partial charge in [0.1, 0.15) is 0 Å². The summed E-state index contributed by atoms with van der Waals surface area (Å²) < 4.78 is 16.4. The van der Waals surface area contributed by atoms with Gasteiger partial charge in [-0.05, 0) is 37.1 Å². The Balaban J connectivity index is 1.98. The lowest BCUT2D eigenvalue weighted by Gasteiger charge is -2.20. The summed E-state index contributed by atoms with van der Waals surface area (Å²) in [5, 5.41) is 8.86. The van der Waals surface area contributed by atoms with Crippen molar-refractivity contribution in [3.05, 3.63) is 23.1 Å². The molecule has 5 nitrogen and oxygen atoms in total. The van der Waals surface area contributed by atoms with Crippen molar-refractivity contribution >= 4 is 17.6 Å². The highest BCUT2D eigenvalue weighted by atomic mass is 35.5. The maximum Gasteiger partial charge on any atom is 0.303 e. The molecular weight excluding hydrogens is 248 g/mol. The van der Waals surface area contributed by atoms with Crippen LogP contribution in [0.2, 0.25) is 5.22 Å². The van der Waals surface area contributed by atoms with E-state index in [4.69, 9.17) is 30.6 Å². The second-order valence-corrected chi connectivity index (χ2v) is 4.41. The molecule has 0 radical (unpaired) electrons. The molecule has 0 bridgehead atoms. The molecule has 2 unspecified atom stereocenters. The fourth-order valence-corrected chi connectivity index (χ4v) is 1.90. The fourth-order valence-electron chi connectivity index (χ4n) is 1.75. The van der Waals surface area contributed by atoms with E-state index in [-0.39, 0.29) is 17.7 Å². The highest BCUT2D eigenvalue weighted by Crippen LogP contribution is 2.36. The molecule has 2 rings (SSSR count). The number of halogens is 1. The fraction of sp³-hybridized carbons (Fsp3) is 0.545. The number of hydrogen-bond donors (Lipinski definition) is 1. The van der Waals surface area contributed by atoms with Crippen molar-refractivity contribution in [1.29, 1.82) is 0 Å². The number of rotatable bonds is 4. The molecule has 94 valence electrons. The minimum absolute atomic E-state index is 0.0585. The first-order valence-corrected chi connectivity index (χ1v) is 5.67. The summed E-state index contributed by atoms with van der Waals surface area (Å²) in [7, 11) is 0. The molecule has 0 amide bonds. The Labute approximate surface area is 103 Å². The predicted octanol–water partition coefficient (Wildman–Crippen LogP) is 2.39. The van der Waals surface area contributed by atoms with E-state index in [2.05, 4.69) is 0 Å². The maximum atomic E-state index is 10.5. The molecule has 2 atom stereocenters. The van der Waals surface area contributed by atoms with Gasteiger partial charge < -0.3 is 19.0 Å². The quantitative estimate of drug-likeness (QED) is 0.900. The molecule has 1 fully saturated rings. The van der Waals surface area contributed by atoms with Crippen LogP contribution in [0.3, 0.4) is 0 Å². The van der Waals surface area contributed by atoms with Gasteiger partial charge in [0.2, 0.25) is 5.79 Å².